The summed E-state index contributed by atoms with van der Waals surface area (Å²) in [5.74, 6) is 0. The van der Waals surface area contributed by atoms with Crippen LogP contribution >= 0.6 is 11.3 Å². The molecule has 0 aliphatic carbocycles. The van der Waals surface area contributed by atoms with Crippen LogP contribution in [0.3, 0.4) is 0 Å². The largest absolute Gasteiger partial charge is 0.392 e. The Balaban J connectivity index is 1.66. The Bertz CT molecular complexity index is 804. The molecule has 0 fully saturated rings. The third kappa shape index (κ3) is 4.19. The number of aryl methyl sites for hydroxylation is 3. The van der Waals surface area contributed by atoms with Crippen molar-refractivity contribution in [2.75, 3.05) is 6.61 Å². The fraction of sp³-hybridized carbons (Fsp3) is 0.190. The second-order valence-corrected chi connectivity index (χ2v) is 6.99. The van der Waals surface area contributed by atoms with E-state index in [1.54, 1.807) is 17.4 Å². The number of hydrogen-bond donors (Lipinski definition) is 1. The maximum Gasteiger partial charge on any atom is 0.0938 e. The molecule has 0 radical (unpaired) electrons. The highest BCUT2D eigenvalue weighted by molar-refractivity contribution is 7.12. The van der Waals surface area contributed by atoms with Gasteiger partial charge in [0, 0.05) is 16.9 Å². The topological polar surface area (TPSA) is 33.1 Å². The summed E-state index contributed by atoms with van der Waals surface area (Å²) in [4.78, 5) is 6.11. The van der Waals surface area contributed by atoms with Crippen molar-refractivity contribution in [1.82, 2.24) is 4.98 Å². The molecule has 0 saturated carbocycles. The van der Waals surface area contributed by atoms with Gasteiger partial charge < -0.3 is 5.11 Å². The van der Waals surface area contributed by atoms with Crippen LogP contribution in [0.25, 0.3) is 17.3 Å². The zero-order valence-electron chi connectivity index (χ0n) is 13.8. The van der Waals surface area contributed by atoms with Gasteiger partial charge in [0.05, 0.1) is 17.3 Å². The Morgan fingerprint density at radius 1 is 1.00 bits per heavy atom. The summed E-state index contributed by atoms with van der Waals surface area (Å²) in [5, 5.41) is 10.00. The van der Waals surface area contributed by atoms with Crippen LogP contribution in [-0.4, -0.2) is 16.7 Å². The molecule has 0 bridgehead atoms. The molecule has 1 heterocycles. The molecule has 1 aromatic heterocycles. The molecular weight excluding hydrogens is 314 g/mol. The zero-order valence-corrected chi connectivity index (χ0v) is 14.6. The molecule has 0 atom stereocenters. The van der Waals surface area contributed by atoms with Crippen molar-refractivity contribution in [3.05, 3.63) is 81.7 Å². The summed E-state index contributed by atoms with van der Waals surface area (Å²) in [5.41, 5.74) is 4.73. The number of aliphatic hydroxyl groups excluding tert-OH is 1. The van der Waals surface area contributed by atoms with Crippen LogP contribution in [0.2, 0.25) is 0 Å². The van der Waals surface area contributed by atoms with Crippen LogP contribution < -0.4 is 0 Å². The van der Waals surface area contributed by atoms with Crippen LogP contribution in [0.15, 0.2) is 60.7 Å². The molecule has 0 aliphatic rings. The highest BCUT2D eigenvalue weighted by Gasteiger charge is 2.09. The van der Waals surface area contributed by atoms with E-state index in [-0.39, 0.29) is 6.61 Å². The van der Waals surface area contributed by atoms with Gasteiger partial charge in [-0.3, -0.25) is 0 Å². The van der Waals surface area contributed by atoms with E-state index in [9.17, 15) is 0 Å². The Morgan fingerprint density at radius 2 is 1.75 bits per heavy atom. The predicted molar refractivity (Wildman–Crippen MR) is 102 cm³/mol. The van der Waals surface area contributed by atoms with Gasteiger partial charge in [0.25, 0.3) is 0 Å². The maximum absolute atomic E-state index is 8.81. The molecule has 3 rings (SSSR count). The SMILES string of the molecule is Cc1sc(CCc2ccc(/C=C/CO)cc2)nc1-c1ccccc1. The molecule has 0 aliphatic heterocycles. The molecule has 2 nitrogen and oxygen atoms in total. The summed E-state index contributed by atoms with van der Waals surface area (Å²) in [7, 11) is 0. The number of thiazole rings is 1. The van der Waals surface area contributed by atoms with E-state index in [1.165, 1.54) is 21.0 Å². The Hall–Kier alpha value is -2.23. The molecule has 2 aromatic carbocycles. The Morgan fingerprint density at radius 3 is 2.46 bits per heavy atom. The van der Waals surface area contributed by atoms with Gasteiger partial charge in [-0.05, 0) is 24.5 Å². The highest BCUT2D eigenvalue weighted by atomic mass is 32.1. The predicted octanol–water partition coefficient (Wildman–Crippen LogP) is 4.91. The third-order valence-corrected chi connectivity index (χ3v) is 4.94. The average Bonchev–Trinajstić information content (AvgIpc) is 3.00. The van der Waals surface area contributed by atoms with E-state index in [2.05, 4.69) is 55.5 Å². The van der Waals surface area contributed by atoms with Crippen molar-refractivity contribution < 1.29 is 5.11 Å². The van der Waals surface area contributed by atoms with E-state index in [4.69, 9.17) is 10.1 Å². The number of hydrogen-bond acceptors (Lipinski definition) is 3. The minimum absolute atomic E-state index is 0.0783. The Kier molecular flexibility index (Phi) is 5.57. The van der Waals surface area contributed by atoms with E-state index in [0.717, 1.165) is 24.1 Å². The van der Waals surface area contributed by atoms with Crippen LogP contribution in [-0.2, 0) is 12.8 Å². The van der Waals surface area contributed by atoms with E-state index < -0.39 is 0 Å². The first-order valence-corrected chi connectivity index (χ1v) is 8.96. The van der Waals surface area contributed by atoms with Gasteiger partial charge in [0.2, 0.25) is 0 Å². The second kappa shape index (κ2) is 8.04. The molecule has 0 unspecified atom stereocenters. The summed E-state index contributed by atoms with van der Waals surface area (Å²) >= 11 is 1.79. The maximum atomic E-state index is 8.81. The van der Waals surface area contributed by atoms with Gasteiger partial charge in [0.15, 0.2) is 0 Å². The molecule has 0 amide bonds. The molecule has 24 heavy (non-hydrogen) atoms. The summed E-state index contributed by atoms with van der Waals surface area (Å²) in [6.07, 6.45) is 5.63. The van der Waals surface area contributed by atoms with Crippen molar-refractivity contribution in [3.8, 4) is 11.3 Å². The zero-order chi connectivity index (χ0) is 16.8. The number of nitrogens with zero attached hydrogens (tertiary/aromatic N) is 1. The minimum atomic E-state index is 0.0783. The van der Waals surface area contributed by atoms with Crippen molar-refractivity contribution in [2.24, 2.45) is 0 Å². The fourth-order valence-electron chi connectivity index (χ4n) is 2.66. The lowest BCUT2D eigenvalue weighted by molar-refractivity contribution is 0.343. The molecular formula is C21H21NOS. The molecule has 1 N–H and O–H groups in total. The lowest BCUT2D eigenvalue weighted by Crippen LogP contribution is -1.91. The monoisotopic (exact) mass is 335 g/mol. The average molecular weight is 335 g/mol. The van der Waals surface area contributed by atoms with Gasteiger partial charge >= 0.3 is 0 Å². The van der Waals surface area contributed by atoms with Crippen LogP contribution in [0.4, 0.5) is 0 Å². The smallest absolute Gasteiger partial charge is 0.0938 e. The molecule has 122 valence electrons. The second-order valence-electron chi connectivity index (χ2n) is 5.70. The summed E-state index contributed by atoms with van der Waals surface area (Å²) in [6, 6.07) is 18.8. The van der Waals surface area contributed by atoms with Crippen molar-refractivity contribution >= 4 is 17.4 Å². The van der Waals surface area contributed by atoms with Gasteiger partial charge in [-0.2, -0.15) is 0 Å². The van der Waals surface area contributed by atoms with Crippen molar-refractivity contribution in [1.29, 1.82) is 0 Å². The number of aromatic nitrogens is 1. The first-order chi connectivity index (χ1) is 11.8. The lowest BCUT2D eigenvalue weighted by Gasteiger charge is -2.00. The quantitative estimate of drug-likeness (QED) is 0.694. The minimum Gasteiger partial charge on any atom is -0.392 e. The first kappa shape index (κ1) is 16.6. The highest BCUT2D eigenvalue weighted by Crippen LogP contribution is 2.28. The molecule has 3 heteroatoms. The van der Waals surface area contributed by atoms with Gasteiger partial charge in [-0.15, -0.1) is 11.3 Å². The Labute approximate surface area is 147 Å². The van der Waals surface area contributed by atoms with E-state index >= 15 is 0 Å². The first-order valence-electron chi connectivity index (χ1n) is 8.14. The molecule has 3 aromatic rings. The summed E-state index contributed by atoms with van der Waals surface area (Å²) in [6.45, 7) is 2.22. The van der Waals surface area contributed by atoms with Crippen molar-refractivity contribution in [3.63, 3.8) is 0 Å². The van der Waals surface area contributed by atoms with Gasteiger partial charge in [-0.25, -0.2) is 4.98 Å². The van der Waals surface area contributed by atoms with Gasteiger partial charge in [-0.1, -0.05) is 66.7 Å². The molecule has 0 saturated heterocycles. The van der Waals surface area contributed by atoms with Crippen LogP contribution in [0, 0.1) is 6.92 Å². The van der Waals surface area contributed by atoms with Crippen LogP contribution in [0.1, 0.15) is 21.0 Å². The fourth-order valence-corrected chi connectivity index (χ4v) is 3.61. The van der Waals surface area contributed by atoms with Crippen LogP contribution in [0.5, 0.6) is 0 Å². The van der Waals surface area contributed by atoms with E-state index in [1.807, 2.05) is 12.1 Å². The van der Waals surface area contributed by atoms with Gasteiger partial charge in [0.1, 0.15) is 0 Å². The van der Waals surface area contributed by atoms with Crippen molar-refractivity contribution in [2.45, 2.75) is 19.8 Å². The summed E-state index contributed by atoms with van der Waals surface area (Å²) < 4.78 is 0. The molecule has 0 spiro atoms. The normalized spacial score (nSPS) is 11.2. The number of rotatable bonds is 6. The van der Waals surface area contributed by atoms with E-state index in [0.29, 0.717) is 0 Å². The lowest BCUT2D eigenvalue weighted by atomic mass is 10.1. The third-order valence-electron chi connectivity index (χ3n) is 3.91. The number of aliphatic hydroxyl groups is 1. The number of benzene rings is 2. The standard InChI is InChI=1S/C21H21NOS/c1-16-21(19-7-3-2-4-8-19)22-20(24-16)14-13-18-11-9-17(10-12-18)6-5-15-23/h2-12,23H,13-15H2,1H3/b6-5+.